The molecule has 1 heterocycles. The Kier molecular flexibility index (Phi) is 3.25. The van der Waals surface area contributed by atoms with Crippen molar-refractivity contribution < 1.29 is 14.6 Å². The second-order valence-electron chi connectivity index (χ2n) is 3.52. The molecule has 1 aromatic carbocycles. The maximum absolute atomic E-state index is 9.27. The number of hydrogen-bond acceptors (Lipinski definition) is 3. The zero-order valence-corrected chi connectivity index (χ0v) is 8.43. The van der Waals surface area contributed by atoms with Crippen molar-refractivity contribution in [3.63, 3.8) is 0 Å². The van der Waals surface area contributed by atoms with Gasteiger partial charge in [0.05, 0.1) is 6.61 Å². The number of aliphatic hydroxyl groups is 1. The van der Waals surface area contributed by atoms with E-state index in [1.54, 1.807) is 6.26 Å². The fourth-order valence-electron chi connectivity index (χ4n) is 1.62. The number of hydrogen-bond donors (Lipinski definition) is 1. The van der Waals surface area contributed by atoms with Crippen molar-refractivity contribution in [2.45, 2.75) is 6.42 Å². The van der Waals surface area contributed by atoms with Gasteiger partial charge in [0.1, 0.15) is 12.0 Å². The second-order valence-corrected chi connectivity index (χ2v) is 3.52. The molecule has 3 heteroatoms. The van der Waals surface area contributed by atoms with Crippen LogP contribution in [0, 0.1) is 5.92 Å². The average molecular weight is 206 g/mol. The number of benzene rings is 1. The molecule has 80 valence electrons. The van der Waals surface area contributed by atoms with Crippen LogP contribution in [0.25, 0.3) is 0 Å². The van der Waals surface area contributed by atoms with Gasteiger partial charge in [0, 0.05) is 5.92 Å². The van der Waals surface area contributed by atoms with E-state index in [4.69, 9.17) is 9.47 Å². The van der Waals surface area contributed by atoms with E-state index < -0.39 is 0 Å². The quantitative estimate of drug-likeness (QED) is 0.814. The van der Waals surface area contributed by atoms with Gasteiger partial charge in [-0.25, -0.2) is 0 Å². The standard InChI is InChI=1S/C12H14O3/c13-7-11(12-8-14-9-15-12)6-10-4-2-1-3-5-10/h1-5,8,11,13H,6-7,9H2. The van der Waals surface area contributed by atoms with E-state index in [1.807, 2.05) is 30.3 Å². The Hall–Kier alpha value is -1.48. The first-order valence-electron chi connectivity index (χ1n) is 4.99. The van der Waals surface area contributed by atoms with Crippen LogP contribution >= 0.6 is 0 Å². The third-order valence-corrected chi connectivity index (χ3v) is 2.44. The lowest BCUT2D eigenvalue weighted by Crippen LogP contribution is -2.13. The van der Waals surface area contributed by atoms with Gasteiger partial charge >= 0.3 is 0 Å². The summed E-state index contributed by atoms with van der Waals surface area (Å²) >= 11 is 0. The van der Waals surface area contributed by atoms with Crippen molar-refractivity contribution in [1.29, 1.82) is 0 Å². The van der Waals surface area contributed by atoms with Crippen LogP contribution in [0.15, 0.2) is 42.4 Å². The van der Waals surface area contributed by atoms with E-state index in [0.717, 1.165) is 12.2 Å². The van der Waals surface area contributed by atoms with E-state index in [2.05, 4.69) is 0 Å². The molecule has 1 aromatic rings. The fraction of sp³-hybridized carbons (Fsp3) is 0.333. The third kappa shape index (κ3) is 2.50. The molecule has 1 aliphatic rings. The van der Waals surface area contributed by atoms with Gasteiger partial charge in [0.2, 0.25) is 6.79 Å². The average Bonchev–Trinajstić information content (AvgIpc) is 2.81. The lowest BCUT2D eigenvalue weighted by molar-refractivity contribution is 0.0638. The Labute approximate surface area is 88.9 Å². The van der Waals surface area contributed by atoms with Crippen LogP contribution in [0.2, 0.25) is 0 Å². The summed E-state index contributed by atoms with van der Waals surface area (Å²) in [7, 11) is 0. The largest absolute Gasteiger partial charge is 0.462 e. The summed E-state index contributed by atoms with van der Waals surface area (Å²) < 4.78 is 10.2. The first-order valence-corrected chi connectivity index (χ1v) is 4.99. The fourth-order valence-corrected chi connectivity index (χ4v) is 1.62. The highest BCUT2D eigenvalue weighted by molar-refractivity contribution is 5.17. The summed E-state index contributed by atoms with van der Waals surface area (Å²) in [6.07, 6.45) is 2.36. The number of ether oxygens (including phenoxy) is 2. The van der Waals surface area contributed by atoms with Crippen LogP contribution in [0.1, 0.15) is 5.56 Å². The summed E-state index contributed by atoms with van der Waals surface area (Å²) in [5.74, 6) is 0.733. The zero-order valence-electron chi connectivity index (χ0n) is 8.43. The molecule has 0 radical (unpaired) electrons. The van der Waals surface area contributed by atoms with Crippen molar-refractivity contribution in [2.24, 2.45) is 5.92 Å². The lowest BCUT2D eigenvalue weighted by atomic mass is 9.99. The zero-order chi connectivity index (χ0) is 10.5. The van der Waals surface area contributed by atoms with E-state index in [0.29, 0.717) is 0 Å². The van der Waals surface area contributed by atoms with Crippen LogP contribution in [0.5, 0.6) is 0 Å². The topological polar surface area (TPSA) is 38.7 Å². The predicted molar refractivity (Wildman–Crippen MR) is 55.8 cm³/mol. The van der Waals surface area contributed by atoms with Crippen molar-refractivity contribution in [2.75, 3.05) is 13.4 Å². The molecule has 3 nitrogen and oxygen atoms in total. The molecule has 0 aliphatic carbocycles. The van der Waals surface area contributed by atoms with Gasteiger partial charge in [-0.05, 0) is 12.0 Å². The van der Waals surface area contributed by atoms with Crippen molar-refractivity contribution in [3.05, 3.63) is 47.9 Å². The minimum atomic E-state index is -0.00472. The highest BCUT2D eigenvalue weighted by Gasteiger charge is 2.19. The highest BCUT2D eigenvalue weighted by Crippen LogP contribution is 2.21. The third-order valence-electron chi connectivity index (χ3n) is 2.44. The van der Waals surface area contributed by atoms with Crippen molar-refractivity contribution >= 4 is 0 Å². The molecule has 1 aliphatic heterocycles. The first-order chi connectivity index (χ1) is 7.40. The summed E-state index contributed by atoms with van der Waals surface area (Å²) in [5.41, 5.74) is 1.19. The Morgan fingerprint density at radius 3 is 2.67 bits per heavy atom. The molecule has 0 aromatic heterocycles. The maximum atomic E-state index is 9.27. The lowest BCUT2D eigenvalue weighted by Gasteiger charge is -2.13. The molecular weight excluding hydrogens is 192 g/mol. The van der Waals surface area contributed by atoms with Gasteiger partial charge in [-0.2, -0.15) is 0 Å². The van der Waals surface area contributed by atoms with Gasteiger partial charge in [0.25, 0.3) is 0 Å². The smallest absolute Gasteiger partial charge is 0.229 e. The normalized spacial score (nSPS) is 16.5. The Morgan fingerprint density at radius 1 is 1.27 bits per heavy atom. The van der Waals surface area contributed by atoms with Gasteiger partial charge in [0.15, 0.2) is 0 Å². The van der Waals surface area contributed by atoms with Crippen LogP contribution in [-0.4, -0.2) is 18.5 Å². The van der Waals surface area contributed by atoms with Gasteiger partial charge < -0.3 is 14.6 Å². The summed E-state index contributed by atoms with van der Waals surface area (Å²) in [6, 6.07) is 10.0. The van der Waals surface area contributed by atoms with Crippen LogP contribution in [-0.2, 0) is 15.9 Å². The Morgan fingerprint density at radius 2 is 2.07 bits per heavy atom. The van der Waals surface area contributed by atoms with E-state index >= 15 is 0 Å². The number of rotatable bonds is 4. The van der Waals surface area contributed by atoms with E-state index in [9.17, 15) is 5.11 Å². The van der Waals surface area contributed by atoms with Crippen molar-refractivity contribution in [3.8, 4) is 0 Å². The molecule has 0 spiro atoms. The monoisotopic (exact) mass is 206 g/mol. The molecule has 1 N–H and O–H groups in total. The first kappa shape index (κ1) is 10.1. The van der Waals surface area contributed by atoms with Gasteiger partial charge in [-0.3, -0.25) is 0 Å². The van der Waals surface area contributed by atoms with Gasteiger partial charge in [-0.1, -0.05) is 30.3 Å². The molecule has 0 saturated heterocycles. The minimum absolute atomic E-state index is 0.00472. The van der Waals surface area contributed by atoms with E-state index in [1.165, 1.54) is 5.56 Å². The summed E-state index contributed by atoms with van der Waals surface area (Å²) in [4.78, 5) is 0. The molecule has 0 amide bonds. The minimum Gasteiger partial charge on any atom is -0.462 e. The summed E-state index contributed by atoms with van der Waals surface area (Å²) in [5, 5.41) is 9.27. The SMILES string of the molecule is OCC(Cc1ccccc1)C1=COCO1. The van der Waals surface area contributed by atoms with Crippen LogP contribution in [0.4, 0.5) is 0 Å². The second kappa shape index (κ2) is 4.84. The molecule has 0 bridgehead atoms. The molecule has 0 saturated carbocycles. The molecule has 1 unspecified atom stereocenters. The Balaban J connectivity index is 2.02. The Bertz CT molecular complexity index is 332. The molecule has 15 heavy (non-hydrogen) atoms. The number of aliphatic hydroxyl groups excluding tert-OH is 1. The van der Waals surface area contributed by atoms with E-state index in [-0.39, 0.29) is 19.3 Å². The molecule has 1 atom stereocenters. The highest BCUT2D eigenvalue weighted by atomic mass is 16.7. The van der Waals surface area contributed by atoms with Crippen LogP contribution in [0.3, 0.4) is 0 Å². The molecular formula is C12H14O3. The maximum Gasteiger partial charge on any atom is 0.229 e. The molecule has 0 fully saturated rings. The molecule has 2 rings (SSSR count). The summed E-state index contributed by atoms with van der Waals surface area (Å²) in [6.45, 7) is 0.338. The van der Waals surface area contributed by atoms with Gasteiger partial charge in [-0.15, -0.1) is 0 Å². The van der Waals surface area contributed by atoms with Crippen LogP contribution < -0.4 is 0 Å². The van der Waals surface area contributed by atoms with Crippen molar-refractivity contribution in [1.82, 2.24) is 0 Å². The predicted octanol–water partition coefficient (Wildman–Crippen LogP) is 1.68.